The van der Waals surface area contributed by atoms with Crippen molar-refractivity contribution in [3.63, 3.8) is 0 Å². The molecule has 0 aliphatic heterocycles. The number of carbonyl (C=O) groups is 1. The molecule has 6 heteroatoms. The van der Waals surface area contributed by atoms with E-state index in [2.05, 4.69) is 43.8 Å². The van der Waals surface area contributed by atoms with Crippen LogP contribution in [0.25, 0.3) is 0 Å². The molecule has 104 valence electrons. The van der Waals surface area contributed by atoms with Crippen LogP contribution < -0.4 is 10.1 Å². The molecule has 20 heavy (non-hydrogen) atoms. The molecular formula is C14H10BrClINO2. The zero-order valence-electron chi connectivity index (χ0n) is 10.2. The Labute approximate surface area is 143 Å². The summed E-state index contributed by atoms with van der Waals surface area (Å²) in [6, 6.07) is 12.8. The fourth-order valence-corrected chi connectivity index (χ4v) is 2.55. The van der Waals surface area contributed by atoms with Gasteiger partial charge < -0.3 is 10.1 Å². The van der Waals surface area contributed by atoms with Gasteiger partial charge in [-0.15, -0.1) is 0 Å². The Morgan fingerprint density at radius 1 is 1.25 bits per heavy atom. The molecule has 0 aliphatic rings. The standard InChI is InChI=1S/C14H10BrClINO2/c15-9-1-6-13(12(16)7-9)20-8-14(19)18-11-4-2-10(17)3-5-11/h1-7H,8H2,(H,18,19). The second kappa shape index (κ2) is 7.28. The summed E-state index contributed by atoms with van der Waals surface area (Å²) in [5, 5.41) is 3.21. The van der Waals surface area contributed by atoms with Crippen LogP contribution in [0, 0.1) is 3.57 Å². The van der Waals surface area contributed by atoms with E-state index < -0.39 is 0 Å². The first kappa shape index (κ1) is 15.6. The molecule has 0 atom stereocenters. The highest BCUT2D eigenvalue weighted by atomic mass is 127. The van der Waals surface area contributed by atoms with Crippen molar-refractivity contribution < 1.29 is 9.53 Å². The van der Waals surface area contributed by atoms with Crippen LogP contribution in [0.5, 0.6) is 5.75 Å². The van der Waals surface area contributed by atoms with Crippen LogP contribution in [-0.2, 0) is 4.79 Å². The van der Waals surface area contributed by atoms with Crippen molar-refractivity contribution >= 4 is 61.7 Å². The Kier molecular flexibility index (Phi) is 5.68. The van der Waals surface area contributed by atoms with E-state index in [0.29, 0.717) is 10.8 Å². The van der Waals surface area contributed by atoms with Gasteiger partial charge in [-0.05, 0) is 65.1 Å². The van der Waals surface area contributed by atoms with E-state index in [-0.39, 0.29) is 12.5 Å². The molecule has 2 aromatic rings. The van der Waals surface area contributed by atoms with Gasteiger partial charge in [0.15, 0.2) is 6.61 Å². The van der Waals surface area contributed by atoms with E-state index in [4.69, 9.17) is 16.3 Å². The summed E-state index contributed by atoms with van der Waals surface area (Å²) in [6.45, 7) is -0.0899. The molecule has 0 unspecified atom stereocenters. The van der Waals surface area contributed by atoms with Crippen LogP contribution in [0.2, 0.25) is 5.02 Å². The quantitative estimate of drug-likeness (QED) is 0.662. The number of nitrogens with one attached hydrogen (secondary N) is 1. The first-order chi connectivity index (χ1) is 9.54. The third-order valence-corrected chi connectivity index (χ3v) is 3.89. The highest BCUT2D eigenvalue weighted by Gasteiger charge is 2.06. The lowest BCUT2D eigenvalue weighted by Crippen LogP contribution is -2.20. The van der Waals surface area contributed by atoms with Crippen LogP contribution in [0.3, 0.4) is 0 Å². The van der Waals surface area contributed by atoms with Gasteiger partial charge in [0.2, 0.25) is 0 Å². The molecule has 0 saturated heterocycles. The van der Waals surface area contributed by atoms with Crippen molar-refractivity contribution in [2.75, 3.05) is 11.9 Å². The van der Waals surface area contributed by atoms with E-state index in [1.54, 1.807) is 18.2 Å². The molecule has 0 radical (unpaired) electrons. The summed E-state index contributed by atoms with van der Waals surface area (Å²) < 4.78 is 7.35. The molecule has 1 amide bonds. The fourth-order valence-electron chi connectivity index (χ4n) is 1.47. The smallest absolute Gasteiger partial charge is 0.262 e. The predicted octanol–water partition coefficient (Wildman–Crippen LogP) is 4.72. The van der Waals surface area contributed by atoms with Gasteiger partial charge >= 0.3 is 0 Å². The first-order valence-electron chi connectivity index (χ1n) is 5.68. The molecule has 1 N–H and O–H groups in total. The Morgan fingerprint density at radius 3 is 2.60 bits per heavy atom. The van der Waals surface area contributed by atoms with Gasteiger partial charge in [-0.1, -0.05) is 27.5 Å². The van der Waals surface area contributed by atoms with Crippen LogP contribution in [0.4, 0.5) is 5.69 Å². The largest absolute Gasteiger partial charge is 0.482 e. The lowest BCUT2D eigenvalue weighted by Gasteiger charge is -2.09. The van der Waals surface area contributed by atoms with Gasteiger partial charge in [0.1, 0.15) is 5.75 Å². The predicted molar refractivity (Wildman–Crippen MR) is 92.4 cm³/mol. The van der Waals surface area contributed by atoms with E-state index in [9.17, 15) is 4.79 Å². The van der Waals surface area contributed by atoms with E-state index in [1.165, 1.54) is 0 Å². The lowest BCUT2D eigenvalue weighted by molar-refractivity contribution is -0.118. The number of ether oxygens (including phenoxy) is 1. The summed E-state index contributed by atoms with van der Waals surface area (Å²) in [7, 11) is 0. The Hall–Kier alpha value is -0.790. The maximum Gasteiger partial charge on any atom is 0.262 e. The first-order valence-corrected chi connectivity index (χ1v) is 7.93. The van der Waals surface area contributed by atoms with Crippen LogP contribution >= 0.6 is 50.1 Å². The summed E-state index contributed by atoms with van der Waals surface area (Å²) in [6.07, 6.45) is 0. The molecule has 3 nitrogen and oxygen atoms in total. The molecular weight excluding hydrogens is 456 g/mol. The third kappa shape index (κ3) is 4.64. The normalized spacial score (nSPS) is 10.2. The minimum atomic E-state index is -0.231. The number of halogens is 3. The minimum Gasteiger partial charge on any atom is -0.482 e. The maximum absolute atomic E-state index is 11.8. The summed E-state index contributed by atoms with van der Waals surface area (Å²) >= 11 is 11.5. The van der Waals surface area contributed by atoms with E-state index >= 15 is 0 Å². The molecule has 0 spiro atoms. The van der Waals surface area contributed by atoms with Crippen molar-refractivity contribution in [2.45, 2.75) is 0 Å². The van der Waals surface area contributed by atoms with Gasteiger partial charge in [0.25, 0.3) is 5.91 Å². The zero-order valence-corrected chi connectivity index (χ0v) is 14.7. The number of hydrogen-bond acceptors (Lipinski definition) is 2. The fraction of sp³-hybridized carbons (Fsp3) is 0.0714. The number of benzene rings is 2. The number of carbonyl (C=O) groups excluding carboxylic acids is 1. The molecule has 0 saturated carbocycles. The molecule has 0 aliphatic carbocycles. The van der Waals surface area contributed by atoms with Crippen LogP contribution in [-0.4, -0.2) is 12.5 Å². The molecule has 0 fully saturated rings. The van der Waals surface area contributed by atoms with Crippen molar-refractivity contribution in [2.24, 2.45) is 0 Å². The number of rotatable bonds is 4. The van der Waals surface area contributed by atoms with Gasteiger partial charge in [-0.2, -0.15) is 0 Å². The van der Waals surface area contributed by atoms with Crippen molar-refractivity contribution in [1.82, 2.24) is 0 Å². The summed E-state index contributed by atoms with van der Waals surface area (Å²) in [5.41, 5.74) is 0.737. The molecule has 0 heterocycles. The van der Waals surface area contributed by atoms with E-state index in [0.717, 1.165) is 13.7 Å². The number of hydrogen-bond donors (Lipinski definition) is 1. The Bertz CT molecular complexity index is 619. The van der Waals surface area contributed by atoms with Gasteiger partial charge in [0, 0.05) is 13.7 Å². The van der Waals surface area contributed by atoms with Crippen LogP contribution in [0.1, 0.15) is 0 Å². The van der Waals surface area contributed by atoms with Gasteiger partial charge in [-0.25, -0.2) is 0 Å². The third-order valence-electron chi connectivity index (χ3n) is 2.38. The molecule has 2 aromatic carbocycles. The Morgan fingerprint density at radius 2 is 1.95 bits per heavy atom. The average Bonchev–Trinajstić information content (AvgIpc) is 2.40. The molecule has 0 aromatic heterocycles. The number of amides is 1. The zero-order chi connectivity index (χ0) is 14.5. The maximum atomic E-state index is 11.8. The highest BCUT2D eigenvalue weighted by molar-refractivity contribution is 14.1. The lowest BCUT2D eigenvalue weighted by atomic mass is 10.3. The Balaban J connectivity index is 1.90. The molecule has 0 bridgehead atoms. The second-order valence-electron chi connectivity index (χ2n) is 3.92. The summed E-state index contributed by atoms with van der Waals surface area (Å²) in [5.74, 6) is 0.248. The monoisotopic (exact) mass is 465 g/mol. The molecule has 2 rings (SSSR count). The topological polar surface area (TPSA) is 38.3 Å². The summed E-state index contributed by atoms with van der Waals surface area (Å²) in [4.78, 5) is 11.8. The number of anilines is 1. The SMILES string of the molecule is O=C(COc1ccc(Br)cc1Cl)Nc1ccc(I)cc1. The average molecular weight is 466 g/mol. The second-order valence-corrected chi connectivity index (χ2v) is 6.49. The van der Waals surface area contributed by atoms with Crippen molar-refractivity contribution in [1.29, 1.82) is 0 Å². The van der Waals surface area contributed by atoms with Crippen molar-refractivity contribution in [3.8, 4) is 5.75 Å². The van der Waals surface area contributed by atoms with Gasteiger partial charge in [-0.3, -0.25) is 4.79 Å². The van der Waals surface area contributed by atoms with Crippen molar-refractivity contribution in [3.05, 3.63) is 55.5 Å². The van der Waals surface area contributed by atoms with E-state index in [1.807, 2.05) is 24.3 Å². The van der Waals surface area contributed by atoms with Gasteiger partial charge in [0.05, 0.1) is 5.02 Å². The van der Waals surface area contributed by atoms with Crippen LogP contribution in [0.15, 0.2) is 46.9 Å². The minimum absolute atomic E-state index is 0.0899. The highest BCUT2D eigenvalue weighted by Crippen LogP contribution is 2.27.